The highest BCUT2D eigenvalue weighted by Crippen LogP contribution is 2.22. The number of benzene rings is 1. The number of carbonyl (C=O) groups excluding carboxylic acids is 2. The SMILES string of the molecule is CCC1CCCCN1C(=O)c1cncc(C(=O)Nc2ccc(C)c(C)c2)c1. The number of hydrogen-bond acceptors (Lipinski definition) is 3. The summed E-state index contributed by atoms with van der Waals surface area (Å²) in [6.07, 6.45) is 7.24. The van der Waals surface area contributed by atoms with E-state index in [-0.39, 0.29) is 17.9 Å². The van der Waals surface area contributed by atoms with Gasteiger partial charge in [-0.3, -0.25) is 14.6 Å². The Morgan fingerprint density at radius 1 is 1.11 bits per heavy atom. The average molecular weight is 365 g/mol. The van der Waals surface area contributed by atoms with Crippen LogP contribution >= 0.6 is 0 Å². The fourth-order valence-electron chi connectivity index (χ4n) is 3.56. The second kappa shape index (κ2) is 8.33. The van der Waals surface area contributed by atoms with Gasteiger partial charge in [-0.15, -0.1) is 0 Å². The number of piperidine rings is 1. The molecule has 0 saturated carbocycles. The van der Waals surface area contributed by atoms with Crippen molar-refractivity contribution in [2.45, 2.75) is 52.5 Å². The minimum Gasteiger partial charge on any atom is -0.336 e. The van der Waals surface area contributed by atoms with Crippen molar-refractivity contribution in [1.29, 1.82) is 0 Å². The summed E-state index contributed by atoms with van der Waals surface area (Å²) in [4.78, 5) is 31.6. The van der Waals surface area contributed by atoms with E-state index in [0.29, 0.717) is 11.1 Å². The molecule has 27 heavy (non-hydrogen) atoms. The first-order valence-corrected chi connectivity index (χ1v) is 9.64. The van der Waals surface area contributed by atoms with E-state index in [9.17, 15) is 9.59 Å². The number of aromatic nitrogens is 1. The van der Waals surface area contributed by atoms with Crippen molar-refractivity contribution in [2.75, 3.05) is 11.9 Å². The summed E-state index contributed by atoms with van der Waals surface area (Å²) in [5.74, 6) is -0.291. The predicted molar refractivity (Wildman–Crippen MR) is 107 cm³/mol. The van der Waals surface area contributed by atoms with Crippen LogP contribution in [0.3, 0.4) is 0 Å². The molecular formula is C22H27N3O2. The summed E-state index contributed by atoms with van der Waals surface area (Å²) in [5.41, 5.74) is 3.90. The maximum atomic E-state index is 12.9. The zero-order valence-electron chi connectivity index (χ0n) is 16.3. The van der Waals surface area contributed by atoms with Crippen LogP contribution in [-0.2, 0) is 0 Å². The first-order chi connectivity index (χ1) is 13.0. The average Bonchev–Trinajstić information content (AvgIpc) is 2.70. The molecule has 0 bridgehead atoms. The Balaban J connectivity index is 1.77. The second-order valence-electron chi connectivity index (χ2n) is 7.27. The summed E-state index contributed by atoms with van der Waals surface area (Å²) >= 11 is 0. The zero-order valence-corrected chi connectivity index (χ0v) is 16.3. The van der Waals surface area contributed by atoms with Crippen LogP contribution in [0.25, 0.3) is 0 Å². The maximum Gasteiger partial charge on any atom is 0.257 e. The number of aryl methyl sites for hydroxylation is 2. The Kier molecular flexibility index (Phi) is 5.89. The number of likely N-dealkylation sites (tertiary alicyclic amines) is 1. The van der Waals surface area contributed by atoms with E-state index in [1.54, 1.807) is 12.3 Å². The molecule has 1 unspecified atom stereocenters. The number of anilines is 1. The lowest BCUT2D eigenvalue weighted by atomic mass is 9.99. The number of amides is 2. The van der Waals surface area contributed by atoms with Crippen LogP contribution in [0.5, 0.6) is 0 Å². The molecule has 0 radical (unpaired) electrons. The minimum absolute atomic E-state index is 0.0325. The summed E-state index contributed by atoms with van der Waals surface area (Å²) < 4.78 is 0. The van der Waals surface area contributed by atoms with Crippen LogP contribution in [0, 0.1) is 13.8 Å². The van der Waals surface area contributed by atoms with E-state index < -0.39 is 0 Å². The predicted octanol–water partition coefficient (Wildman–Crippen LogP) is 4.36. The minimum atomic E-state index is -0.258. The van der Waals surface area contributed by atoms with E-state index in [1.807, 2.05) is 36.9 Å². The summed E-state index contributed by atoms with van der Waals surface area (Å²) in [6.45, 7) is 6.93. The molecule has 2 aromatic rings. The normalized spacial score (nSPS) is 16.9. The van der Waals surface area contributed by atoms with Crippen molar-refractivity contribution in [3.8, 4) is 0 Å². The highest BCUT2D eigenvalue weighted by atomic mass is 16.2. The Bertz CT molecular complexity index is 847. The van der Waals surface area contributed by atoms with Crippen LogP contribution < -0.4 is 5.32 Å². The van der Waals surface area contributed by atoms with Gasteiger partial charge in [-0.1, -0.05) is 13.0 Å². The van der Waals surface area contributed by atoms with Gasteiger partial charge in [0.25, 0.3) is 11.8 Å². The maximum absolute atomic E-state index is 12.9. The molecule has 1 N–H and O–H groups in total. The molecule has 1 aliphatic rings. The van der Waals surface area contributed by atoms with Crippen molar-refractivity contribution in [3.05, 3.63) is 58.9 Å². The fraction of sp³-hybridized carbons (Fsp3) is 0.409. The molecule has 2 heterocycles. The third-order valence-electron chi connectivity index (χ3n) is 5.37. The molecule has 1 aliphatic heterocycles. The van der Waals surface area contributed by atoms with Gasteiger partial charge in [-0.2, -0.15) is 0 Å². The van der Waals surface area contributed by atoms with Crippen molar-refractivity contribution < 1.29 is 9.59 Å². The van der Waals surface area contributed by atoms with Crippen molar-refractivity contribution >= 4 is 17.5 Å². The molecule has 5 nitrogen and oxygen atoms in total. The van der Waals surface area contributed by atoms with E-state index in [0.717, 1.165) is 37.1 Å². The topological polar surface area (TPSA) is 62.3 Å². The van der Waals surface area contributed by atoms with E-state index in [4.69, 9.17) is 0 Å². The van der Waals surface area contributed by atoms with Crippen LogP contribution in [0.2, 0.25) is 0 Å². The van der Waals surface area contributed by atoms with Crippen LogP contribution in [0.4, 0.5) is 5.69 Å². The molecule has 1 saturated heterocycles. The van der Waals surface area contributed by atoms with Gasteiger partial charge in [0.1, 0.15) is 0 Å². The quantitative estimate of drug-likeness (QED) is 0.876. The number of pyridine rings is 1. The Morgan fingerprint density at radius 2 is 1.89 bits per heavy atom. The lowest BCUT2D eigenvalue weighted by molar-refractivity contribution is 0.0607. The zero-order chi connectivity index (χ0) is 19.4. The molecule has 1 aromatic heterocycles. The van der Waals surface area contributed by atoms with Crippen molar-refractivity contribution in [2.24, 2.45) is 0 Å². The van der Waals surface area contributed by atoms with E-state index in [2.05, 4.69) is 17.2 Å². The first-order valence-electron chi connectivity index (χ1n) is 9.64. The standard InChI is InChI=1S/C22H27N3O2/c1-4-20-7-5-6-10-25(20)22(27)18-12-17(13-23-14-18)21(26)24-19-9-8-15(2)16(3)11-19/h8-9,11-14,20H,4-7,10H2,1-3H3,(H,24,26). The monoisotopic (exact) mass is 365 g/mol. The molecule has 142 valence electrons. The molecule has 0 aliphatic carbocycles. The van der Waals surface area contributed by atoms with Crippen molar-refractivity contribution in [1.82, 2.24) is 9.88 Å². The largest absolute Gasteiger partial charge is 0.336 e. The van der Waals surface area contributed by atoms with Gasteiger partial charge in [0.2, 0.25) is 0 Å². The summed E-state index contributed by atoms with van der Waals surface area (Å²) in [5, 5.41) is 2.89. The van der Waals surface area contributed by atoms with E-state index >= 15 is 0 Å². The van der Waals surface area contributed by atoms with E-state index in [1.165, 1.54) is 18.2 Å². The molecule has 1 aromatic carbocycles. The highest BCUT2D eigenvalue weighted by Gasteiger charge is 2.26. The molecule has 1 atom stereocenters. The van der Waals surface area contributed by atoms with Crippen molar-refractivity contribution in [3.63, 3.8) is 0 Å². The van der Waals surface area contributed by atoms with Crippen LogP contribution in [-0.4, -0.2) is 34.3 Å². The molecule has 2 amide bonds. The van der Waals surface area contributed by atoms with Gasteiger partial charge in [0, 0.05) is 30.7 Å². The van der Waals surface area contributed by atoms with Crippen LogP contribution in [0.1, 0.15) is 64.4 Å². The molecule has 5 heteroatoms. The Labute approximate surface area is 160 Å². The molecule has 1 fully saturated rings. The van der Waals surface area contributed by atoms with Gasteiger partial charge in [-0.05, 0) is 68.9 Å². The lowest BCUT2D eigenvalue weighted by Crippen LogP contribution is -2.43. The van der Waals surface area contributed by atoms with Gasteiger partial charge < -0.3 is 10.2 Å². The third-order valence-corrected chi connectivity index (χ3v) is 5.37. The Morgan fingerprint density at radius 3 is 2.63 bits per heavy atom. The Hall–Kier alpha value is -2.69. The molecular weight excluding hydrogens is 338 g/mol. The molecule has 0 spiro atoms. The third kappa shape index (κ3) is 4.35. The fourth-order valence-corrected chi connectivity index (χ4v) is 3.56. The summed E-state index contributed by atoms with van der Waals surface area (Å²) in [7, 11) is 0. The number of hydrogen-bond donors (Lipinski definition) is 1. The molecule has 3 rings (SSSR count). The number of nitrogens with one attached hydrogen (secondary N) is 1. The van der Waals surface area contributed by atoms with Gasteiger partial charge >= 0.3 is 0 Å². The summed E-state index contributed by atoms with van der Waals surface area (Å²) in [6, 6.07) is 7.72. The van der Waals surface area contributed by atoms with Gasteiger partial charge in [0.05, 0.1) is 11.1 Å². The smallest absolute Gasteiger partial charge is 0.257 e. The number of carbonyl (C=O) groups is 2. The van der Waals surface area contributed by atoms with Gasteiger partial charge in [0.15, 0.2) is 0 Å². The highest BCUT2D eigenvalue weighted by molar-refractivity contribution is 6.05. The lowest BCUT2D eigenvalue weighted by Gasteiger charge is -2.35. The number of rotatable bonds is 4. The van der Waals surface area contributed by atoms with Crippen LogP contribution in [0.15, 0.2) is 36.7 Å². The first kappa shape index (κ1) is 19.1. The van der Waals surface area contributed by atoms with Gasteiger partial charge in [-0.25, -0.2) is 0 Å². The second-order valence-corrected chi connectivity index (χ2v) is 7.27. The number of nitrogens with zero attached hydrogens (tertiary/aromatic N) is 2.